The van der Waals surface area contributed by atoms with Gasteiger partial charge in [-0.2, -0.15) is 0 Å². The highest BCUT2D eigenvalue weighted by atomic mass is 16.5. The molecule has 1 aliphatic rings. The fourth-order valence-corrected chi connectivity index (χ4v) is 2.00. The zero-order valence-electron chi connectivity index (χ0n) is 10.4. The Morgan fingerprint density at radius 1 is 1.56 bits per heavy atom. The van der Waals surface area contributed by atoms with Crippen LogP contribution in [0.3, 0.4) is 0 Å². The molecule has 0 spiro atoms. The van der Waals surface area contributed by atoms with Gasteiger partial charge in [-0.15, -0.1) is 0 Å². The van der Waals surface area contributed by atoms with Gasteiger partial charge in [-0.3, -0.25) is 4.79 Å². The Morgan fingerprint density at radius 2 is 2.39 bits per heavy atom. The maximum absolute atomic E-state index is 12.0. The first-order valence-electron chi connectivity index (χ1n) is 6.03. The lowest BCUT2D eigenvalue weighted by Gasteiger charge is -2.13. The molecule has 18 heavy (non-hydrogen) atoms. The summed E-state index contributed by atoms with van der Waals surface area (Å²) >= 11 is 0. The van der Waals surface area contributed by atoms with E-state index in [0.717, 1.165) is 12.8 Å². The highest BCUT2D eigenvalue weighted by molar-refractivity contribution is 5.94. The number of anilines is 1. The lowest BCUT2D eigenvalue weighted by molar-refractivity contribution is -0.126. The number of nitrogens with one attached hydrogen (secondary N) is 1. The molecule has 1 amide bonds. The maximum Gasteiger partial charge on any atom is 0.253 e. The predicted octanol–water partition coefficient (Wildman–Crippen LogP) is 1.14. The number of hydrogen-bond donors (Lipinski definition) is 2. The Labute approximate surface area is 106 Å². The van der Waals surface area contributed by atoms with Crippen LogP contribution in [0, 0.1) is 0 Å². The molecule has 2 rings (SSSR count). The second-order valence-corrected chi connectivity index (χ2v) is 4.28. The van der Waals surface area contributed by atoms with Crippen LogP contribution in [0.2, 0.25) is 0 Å². The smallest absolute Gasteiger partial charge is 0.253 e. The van der Waals surface area contributed by atoms with Gasteiger partial charge in [0, 0.05) is 18.3 Å². The van der Waals surface area contributed by atoms with Crippen molar-refractivity contribution in [3.05, 3.63) is 24.3 Å². The van der Waals surface area contributed by atoms with Crippen molar-refractivity contribution in [3.63, 3.8) is 0 Å². The van der Waals surface area contributed by atoms with Crippen LogP contribution in [-0.2, 0) is 9.53 Å². The van der Waals surface area contributed by atoms with Crippen LogP contribution >= 0.6 is 0 Å². The molecule has 2 atom stereocenters. The van der Waals surface area contributed by atoms with Gasteiger partial charge in [0.1, 0.15) is 11.9 Å². The minimum atomic E-state index is -0.398. The molecular formula is C13H18N2O3. The molecular weight excluding hydrogens is 232 g/mol. The fourth-order valence-electron chi connectivity index (χ4n) is 2.00. The van der Waals surface area contributed by atoms with Gasteiger partial charge in [0.15, 0.2) is 0 Å². The summed E-state index contributed by atoms with van der Waals surface area (Å²) in [4.78, 5) is 12.0. The second kappa shape index (κ2) is 5.84. The van der Waals surface area contributed by atoms with Crippen molar-refractivity contribution < 1.29 is 14.3 Å². The van der Waals surface area contributed by atoms with Crippen LogP contribution in [0.25, 0.3) is 0 Å². The molecule has 3 N–H and O–H groups in total. The lowest BCUT2D eigenvalue weighted by Crippen LogP contribution is -2.29. The first-order chi connectivity index (χ1) is 8.72. The van der Waals surface area contributed by atoms with Gasteiger partial charge in [0.2, 0.25) is 0 Å². The summed E-state index contributed by atoms with van der Waals surface area (Å²) in [5.74, 6) is 0.583. The number of hydrogen-bond acceptors (Lipinski definition) is 4. The summed E-state index contributed by atoms with van der Waals surface area (Å²) in [6.45, 7) is 0.461. The van der Waals surface area contributed by atoms with Crippen molar-refractivity contribution >= 4 is 11.6 Å². The number of carbonyl (C=O) groups excluding carboxylic acids is 1. The Balaban J connectivity index is 1.94. The van der Waals surface area contributed by atoms with Gasteiger partial charge >= 0.3 is 0 Å². The summed E-state index contributed by atoms with van der Waals surface area (Å²) in [6, 6.07) is 7.24. The largest absolute Gasteiger partial charge is 0.497 e. The minimum Gasteiger partial charge on any atom is -0.497 e. The third kappa shape index (κ3) is 3.00. The first-order valence-corrected chi connectivity index (χ1v) is 6.03. The van der Waals surface area contributed by atoms with Crippen molar-refractivity contribution in [2.24, 2.45) is 5.73 Å². The Kier molecular flexibility index (Phi) is 4.17. The van der Waals surface area contributed by atoms with Crippen molar-refractivity contribution in [2.75, 3.05) is 19.0 Å². The van der Waals surface area contributed by atoms with Crippen molar-refractivity contribution in [1.29, 1.82) is 0 Å². The van der Waals surface area contributed by atoms with E-state index in [1.807, 2.05) is 18.2 Å². The van der Waals surface area contributed by atoms with Crippen LogP contribution in [0.1, 0.15) is 12.8 Å². The molecule has 1 heterocycles. The van der Waals surface area contributed by atoms with Gasteiger partial charge in [-0.1, -0.05) is 6.07 Å². The molecule has 98 valence electrons. The standard InChI is InChI=1S/C13H18N2O3/c1-17-10-4-2-3-9(7-10)15-13(16)12-6-5-11(8-14)18-12/h2-4,7,11-12H,5-6,8,14H2,1H3,(H,15,16). The average molecular weight is 250 g/mol. The summed E-state index contributed by atoms with van der Waals surface area (Å²) < 4.78 is 10.6. The molecule has 0 radical (unpaired) electrons. The van der Waals surface area contributed by atoms with E-state index in [-0.39, 0.29) is 12.0 Å². The number of carbonyl (C=O) groups is 1. The molecule has 5 nitrogen and oxygen atoms in total. The summed E-state index contributed by atoms with van der Waals surface area (Å²) in [5.41, 5.74) is 6.22. The van der Waals surface area contributed by atoms with Crippen LogP contribution in [-0.4, -0.2) is 31.8 Å². The van der Waals surface area contributed by atoms with E-state index in [0.29, 0.717) is 18.0 Å². The SMILES string of the molecule is COc1cccc(NC(=O)C2CCC(CN)O2)c1. The van der Waals surface area contributed by atoms with Crippen LogP contribution in [0.5, 0.6) is 5.75 Å². The molecule has 0 aromatic heterocycles. The average Bonchev–Trinajstić information content (AvgIpc) is 2.88. The number of amides is 1. The number of rotatable bonds is 4. The van der Waals surface area contributed by atoms with Gasteiger partial charge < -0.3 is 20.5 Å². The molecule has 0 aliphatic carbocycles. The summed E-state index contributed by atoms with van der Waals surface area (Å²) in [6.07, 6.45) is 1.17. The third-order valence-corrected chi connectivity index (χ3v) is 3.00. The monoisotopic (exact) mass is 250 g/mol. The van der Waals surface area contributed by atoms with E-state index in [2.05, 4.69) is 5.32 Å². The zero-order valence-corrected chi connectivity index (χ0v) is 10.4. The van der Waals surface area contributed by atoms with Crippen molar-refractivity contribution in [3.8, 4) is 5.75 Å². The molecule has 1 aromatic carbocycles. The molecule has 1 fully saturated rings. The van der Waals surface area contributed by atoms with E-state index < -0.39 is 6.10 Å². The normalized spacial score (nSPS) is 22.8. The molecule has 5 heteroatoms. The second-order valence-electron chi connectivity index (χ2n) is 4.28. The van der Waals surface area contributed by atoms with E-state index in [1.165, 1.54) is 0 Å². The lowest BCUT2D eigenvalue weighted by atomic mass is 10.2. The fraction of sp³-hybridized carbons (Fsp3) is 0.462. The Hall–Kier alpha value is -1.59. The van der Waals surface area contributed by atoms with Crippen molar-refractivity contribution in [2.45, 2.75) is 25.0 Å². The summed E-state index contributed by atoms with van der Waals surface area (Å²) in [5, 5.41) is 2.82. The van der Waals surface area contributed by atoms with Gasteiger partial charge in [0.25, 0.3) is 5.91 Å². The quantitative estimate of drug-likeness (QED) is 0.840. The molecule has 1 aromatic rings. The van der Waals surface area contributed by atoms with Crippen LogP contribution < -0.4 is 15.8 Å². The molecule has 1 saturated heterocycles. The first kappa shape index (κ1) is 12.9. The third-order valence-electron chi connectivity index (χ3n) is 3.00. The minimum absolute atomic E-state index is 0.00561. The van der Waals surface area contributed by atoms with Crippen molar-refractivity contribution in [1.82, 2.24) is 0 Å². The van der Waals surface area contributed by atoms with E-state index in [9.17, 15) is 4.79 Å². The molecule has 0 saturated carbocycles. The van der Waals surface area contributed by atoms with E-state index in [4.69, 9.17) is 15.2 Å². The van der Waals surface area contributed by atoms with Gasteiger partial charge in [-0.25, -0.2) is 0 Å². The Bertz CT molecular complexity index is 422. The van der Waals surface area contributed by atoms with Gasteiger partial charge in [0.05, 0.1) is 13.2 Å². The van der Waals surface area contributed by atoms with Crippen LogP contribution in [0.4, 0.5) is 5.69 Å². The molecule has 2 unspecified atom stereocenters. The maximum atomic E-state index is 12.0. The highest BCUT2D eigenvalue weighted by Gasteiger charge is 2.29. The highest BCUT2D eigenvalue weighted by Crippen LogP contribution is 2.22. The molecule has 1 aliphatic heterocycles. The number of benzene rings is 1. The number of ether oxygens (including phenoxy) is 2. The molecule has 0 bridgehead atoms. The number of methoxy groups -OCH3 is 1. The topological polar surface area (TPSA) is 73.6 Å². The predicted molar refractivity (Wildman–Crippen MR) is 68.6 cm³/mol. The number of nitrogens with two attached hydrogens (primary N) is 1. The Morgan fingerprint density at radius 3 is 3.06 bits per heavy atom. The summed E-state index contributed by atoms with van der Waals surface area (Å²) in [7, 11) is 1.59. The zero-order chi connectivity index (χ0) is 13.0. The van der Waals surface area contributed by atoms with Gasteiger partial charge in [-0.05, 0) is 25.0 Å². The van der Waals surface area contributed by atoms with E-state index >= 15 is 0 Å². The van der Waals surface area contributed by atoms with E-state index in [1.54, 1.807) is 13.2 Å². The van der Waals surface area contributed by atoms with Crippen LogP contribution in [0.15, 0.2) is 24.3 Å².